The molecule has 19 heavy (non-hydrogen) atoms. The van der Waals surface area contributed by atoms with Gasteiger partial charge >= 0.3 is 0 Å². The van der Waals surface area contributed by atoms with E-state index in [0.717, 1.165) is 26.2 Å². The van der Waals surface area contributed by atoms with E-state index in [9.17, 15) is 0 Å². The van der Waals surface area contributed by atoms with E-state index in [1.54, 1.807) is 7.11 Å². The Labute approximate surface area is 116 Å². The first-order chi connectivity index (χ1) is 9.20. The molecule has 0 aliphatic carbocycles. The Kier molecular flexibility index (Phi) is 5.23. The van der Waals surface area contributed by atoms with Crippen LogP contribution in [-0.2, 0) is 17.7 Å². The smallest absolute Gasteiger partial charge is 0.0589 e. The first-order valence-corrected chi connectivity index (χ1v) is 7.29. The molecule has 0 spiro atoms. The molecule has 3 nitrogen and oxygen atoms in total. The van der Waals surface area contributed by atoms with Gasteiger partial charge in [-0.15, -0.1) is 0 Å². The van der Waals surface area contributed by atoms with E-state index < -0.39 is 0 Å². The molecule has 0 saturated carbocycles. The van der Waals surface area contributed by atoms with Crippen molar-refractivity contribution >= 4 is 5.69 Å². The fourth-order valence-corrected chi connectivity index (χ4v) is 2.59. The van der Waals surface area contributed by atoms with E-state index in [-0.39, 0.29) is 0 Å². The molecule has 1 aliphatic rings. The summed E-state index contributed by atoms with van der Waals surface area (Å²) < 4.78 is 5.20. The van der Waals surface area contributed by atoms with Crippen LogP contribution in [0.5, 0.6) is 0 Å². The van der Waals surface area contributed by atoms with Gasteiger partial charge < -0.3 is 10.1 Å². The summed E-state index contributed by atoms with van der Waals surface area (Å²) in [5.41, 5.74) is 4.20. The van der Waals surface area contributed by atoms with Crippen molar-refractivity contribution in [1.29, 1.82) is 0 Å². The van der Waals surface area contributed by atoms with Crippen LogP contribution in [0, 0.1) is 0 Å². The highest BCUT2D eigenvalue weighted by molar-refractivity contribution is 5.54. The number of ether oxygens (including phenoxy) is 1. The number of nitrogens with zero attached hydrogens (tertiary/aromatic N) is 1. The summed E-state index contributed by atoms with van der Waals surface area (Å²) in [6, 6.07) is 7.39. The lowest BCUT2D eigenvalue weighted by Crippen LogP contribution is -2.33. The Bertz CT molecular complexity index is 404. The summed E-state index contributed by atoms with van der Waals surface area (Å²) >= 11 is 0. The molecule has 0 saturated heterocycles. The lowest BCUT2D eigenvalue weighted by atomic mass is 10.0. The van der Waals surface area contributed by atoms with Crippen LogP contribution in [-0.4, -0.2) is 37.7 Å². The van der Waals surface area contributed by atoms with Gasteiger partial charge in [0.25, 0.3) is 0 Å². The Balaban J connectivity index is 2.04. The van der Waals surface area contributed by atoms with E-state index in [2.05, 4.69) is 42.3 Å². The molecule has 0 radical (unpaired) electrons. The maximum absolute atomic E-state index is 5.20. The summed E-state index contributed by atoms with van der Waals surface area (Å²) in [4.78, 5) is 2.46. The lowest BCUT2D eigenvalue weighted by Gasteiger charge is -2.27. The quantitative estimate of drug-likeness (QED) is 0.853. The van der Waals surface area contributed by atoms with E-state index in [4.69, 9.17) is 4.74 Å². The van der Waals surface area contributed by atoms with Crippen LogP contribution >= 0.6 is 0 Å². The number of rotatable bonds is 6. The van der Waals surface area contributed by atoms with Crippen molar-refractivity contribution in [2.24, 2.45) is 0 Å². The van der Waals surface area contributed by atoms with Gasteiger partial charge in [0.05, 0.1) is 6.61 Å². The molecule has 0 aromatic heterocycles. The van der Waals surface area contributed by atoms with Gasteiger partial charge in [0.15, 0.2) is 0 Å². The molecule has 106 valence electrons. The molecule has 2 rings (SSSR count). The first-order valence-electron chi connectivity index (χ1n) is 7.29. The average molecular weight is 262 g/mol. The van der Waals surface area contributed by atoms with Crippen LogP contribution in [0.15, 0.2) is 18.2 Å². The van der Waals surface area contributed by atoms with Gasteiger partial charge in [-0.1, -0.05) is 12.1 Å². The number of benzene rings is 1. The van der Waals surface area contributed by atoms with Crippen molar-refractivity contribution in [3.63, 3.8) is 0 Å². The minimum atomic E-state index is 0.546. The molecule has 1 heterocycles. The predicted molar refractivity (Wildman–Crippen MR) is 80.7 cm³/mol. The number of anilines is 1. The van der Waals surface area contributed by atoms with Gasteiger partial charge in [-0.3, -0.25) is 4.90 Å². The molecule has 1 aromatic carbocycles. The summed E-state index contributed by atoms with van der Waals surface area (Å²) in [5.74, 6) is 0. The zero-order valence-corrected chi connectivity index (χ0v) is 12.4. The number of aryl methyl sites for hydroxylation is 1. The predicted octanol–water partition coefficient (Wildman–Crippen LogP) is 2.90. The summed E-state index contributed by atoms with van der Waals surface area (Å²) in [6.07, 6.45) is 2.45. The second-order valence-electron chi connectivity index (χ2n) is 5.58. The molecule has 1 aliphatic heterocycles. The normalized spacial score (nSPS) is 14.6. The van der Waals surface area contributed by atoms with Gasteiger partial charge in [-0.05, 0) is 43.9 Å². The van der Waals surface area contributed by atoms with Crippen molar-refractivity contribution < 1.29 is 4.74 Å². The highest BCUT2D eigenvalue weighted by Crippen LogP contribution is 2.23. The molecule has 0 amide bonds. The van der Waals surface area contributed by atoms with Crippen molar-refractivity contribution in [3.05, 3.63) is 29.3 Å². The van der Waals surface area contributed by atoms with Crippen LogP contribution < -0.4 is 5.32 Å². The van der Waals surface area contributed by atoms with E-state index in [0.29, 0.717) is 6.04 Å². The molecule has 0 bridgehead atoms. The summed E-state index contributed by atoms with van der Waals surface area (Å²) in [7, 11) is 1.77. The second-order valence-corrected chi connectivity index (χ2v) is 5.58. The lowest BCUT2D eigenvalue weighted by molar-refractivity contribution is 0.125. The van der Waals surface area contributed by atoms with E-state index in [1.165, 1.54) is 29.7 Å². The average Bonchev–Trinajstić information content (AvgIpc) is 2.43. The monoisotopic (exact) mass is 262 g/mol. The third kappa shape index (κ3) is 3.95. The fourth-order valence-electron chi connectivity index (χ4n) is 2.59. The number of nitrogens with one attached hydrogen (secondary N) is 1. The minimum Gasteiger partial charge on any atom is -0.385 e. The Morgan fingerprint density at radius 2 is 2.21 bits per heavy atom. The van der Waals surface area contributed by atoms with Gasteiger partial charge in [-0.25, -0.2) is 0 Å². The van der Waals surface area contributed by atoms with Crippen molar-refractivity contribution in [2.45, 2.75) is 39.3 Å². The summed E-state index contributed by atoms with van der Waals surface area (Å²) in [5, 5.41) is 3.47. The van der Waals surface area contributed by atoms with Crippen LogP contribution in [0.1, 0.15) is 31.4 Å². The maximum Gasteiger partial charge on any atom is 0.0589 e. The highest BCUT2D eigenvalue weighted by atomic mass is 16.5. The number of methoxy groups -OCH3 is 1. The third-order valence-electron chi connectivity index (χ3n) is 3.81. The first kappa shape index (κ1) is 14.4. The van der Waals surface area contributed by atoms with Crippen molar-refractivity contribution in [2.75, 3.05) is 32.1 Å². The fraction of sp³-hybridized carbons (Fsp3) is 0.625. The van der Waals surface area contributed by atoms with Crippen LogP contribution in [0.25, 0.3) is 0 Å². The zero-order chi connectivity index (χ0) is 13.7. The van der Waals surface area contributed by atoms with Crippen LogP contribution in [0.4, 0.5) is 5.69 Å². The molecule has 1 N–H and O–H groups in total. The number of fused-ring (bicyclic) bond motifs is 1. The van der Waals surface area contributed by atoms with Gasteiger partial charge in [0.2, 0.25) is 0 Å². The van der Waals surface area contributed by atoms with Gasteiger partial charge in [0, 0.05) is 38.5 Å². The maximum atomic E-state index is 5.20. The molecule has 0 fully saturated rings. The molecule has 1 aromatic rings. The van der Waals surface area contributed by atoms with Gasteiger partial charge in [0.1, 0.15) is 0 Å². The van der Waals surface area contributed by atoms with Crippen LogP contribution in [0.3, 0.4) is 0 Å². The second kappa shape index (κ2) is 6.92. The Morgan fingerprint density at radius 3 is 2.95 bits per heavy atom. The third-order valence-corrected chi connectivity index (χ3v) is 3.81. The molecule has 0 unspecified atom stereocenters. The zero-order valence-electron chi connectivity index (χ0n) is 12.4. The number of hydrogen-bond acceptors (Lipinski definition) is 3. The standard InChI is InChI=1S/C16H26N2O/c1-13(2)18(9-10-19-3)12-14-6-7-16-15(11-14)5-4-8-17-16/h6-7,11,13,17H,4-5,8-10,12H2,1-3H3. The summed E-state index contributed by atoms with van der Waals surface area (Å²) in [6.45, 7) is 8.39. The molecule has 3 heteroatoms. The minimum absolute atomic E-state index is 0.546. The van der Waals surface area contributed by atoms with Crippen molar-refractivity contribution in [3.8, 4) is 0 Å². The largest absolute Gasteiger partial charge is 0.385 e. The Morgan fingerprint density at radius 1 is 1.37 bits per heavy atom. The molecular weight excluding hydrogens is 236 g/mol. The topological polar surface area (TPSA) is 24.5 Å². The van der Waals surface area contributed by atoms with E-state index in [1.807, 2.05) is 0 Å². The van der Waals surface area contributed by atoms with E-state index >= 15 is 0 Å². The highest BCUT2D eigenvalue weighted by Gasteiger charge is 2.13. The molecular formula is C16H26N2O. The van der Waals surface area contributed by atoms with Gasteiger partial charge in [-0.2, -0.15) is 0 Å². The number of hydrogen-bond donors (Lipinski definition) is 1. The molecule has 0 atom stereocenters. The van der Waals surface area contributed by atoms with Crippen molar-refractivity contribution in [1.82, 2.24) is 4.90 Å². The Hall–Kier alpha value is -1.06. The van der Waals surface area contributed by atoms with Crippen LogP contribution in [0.2, 0.25) is 0 Å². The SMILES string of the molecule is COCCN(Cc1ccc2c(c1)CCCN2)C(C)C.